The first kappa shape index (κ1) is 8.55. The van der Waals surface area contributed by atoms with E-state index in [0.29, 0.717) is 0 Å². The van der Waals surface area contributed by atoms with Crippen LogP contribution in [0.15, 0.2) is 0 Å². The number of hydrogen-bond acceptors (Lipinski definition) is 2. The molecule has 0 amide bonds. The van der Waals surface area contributed by atoms with Gasteiger partial charge in [-0.2, -0.15) is 5.26 Å². The second kappa shape index (κ2) is 3.23. The van der Waals surface area contributed by atoms with Gasteiger partial charge in [0, 0.05) is 0 Å². The summed E-state index contributed by atoms with van der Waals surface area (Å²) in [5.41, 5.74) is -0.0933. The molecule has 11 heavy (non-hydrogen) atoms. The van der Waals surface area contributed by atoms with Crippen LogP contribution in [-0.4, -0.2) is 11.7 Å². The number of rotatable bonds is 4. The van der Waals surface area contributed by atoms with Crippen molar-refractivity contribution in [3.63, 3.8) is 0 Å². The van der Waals surface area contributed by atoms with Crippen molar-refractivity contribution in [2.24, 2.45) is 0 Å². The van der Waals surface area contributed by atoms with Gasteiger partial charge < -0.3 is 4.74 Å². The first-order chi connectivity index (χ1) is 5.23. The molecule has 2 heteroatoms. The summed E-state index contributed by atoms with van der Waals surface area (Å²) in [6.45, 7) is 4.20. The largest absolute Gasteiger partial charge is 0.350 e. The van der Waals surface area contributed by atoms with E-state index in [0.717, 1.165) is 6.42 Å². The predicted octanol–water partition coefficient (Wildman–Crippen LogP) is 2.25. The van der Waals surface area contributed by atoms with Crippen molar-refractivity contribution >= 4 is 0 Å². The molecule has 1 saturated heterocycles. The standard InChI is InChI=1S/C9H15NO/c1-3-4-5-6-9(2)8(7-10)11-9/h8H,3-6H2,1-2H3/t8-,9-/m0/s1. The van der Waals surface area contributed by atoms with Crippen LogP contribution in [0.2, 0.25) is 0 Å². The summed E-state index contributed by atoms with van der Waals surface area (Å²) in [5, 5.41) is 8.52. The minimum atomic E-state index is -0.126. The zero-order chi connectivity index (χ0) is 8.32. The molecule has 2 nitrogen and oxygen atoms in total. The predicted molar refractivity (Wildman–Crippen MR) is 43.0 cm³/mol. The summed E-state index contributed by atoms with van der Waals surface area (Å²) in [7, 11) is 0. The monoisotopic (exact) mass is 153 g/mol. The van der Waals surface area contributed by atoms with Crippen LogP contribution in [0.3, 0.4) is 0 Å². The lowest BCUT2D eigenvalue weighted by Crippen LogP contribution is -2.07. The van der Waals surface area contributed by atoms with E-state index in [1.807, 2.05) is 6.92 Å². The van der Waals surface area contributed by atoms with E-state index in [2.05, 4.69) is 13.0 Å². The van der Waals surface area contributed by atoms with Crippen LogP contribution in [-0.2, 0) is 4.74 Å². The number of nitrogens with zero attached hydrogens (tertiary/aromatic N) is 1. The fourth-order valence-electron chi connectivity index (χ4n) is 1.31. The van der Waals surface area contributed by atoms with Crippen molar-refractivity contribution < 1.29 is 4.74 Å². The van der Waals surface area contributed by atoms with Gasteiger partial charge >= 0.3 is 0 Å². The Labute approximate surface area is 68.2 Å². The fourth-order valence-corrected chi connectivity index (χ4v) is 1.31. The molecule has 0 aromatic rings. The summed E-state index contributed by atoms with van der Waals surface area (Å²) >= 11 is 0. The Hall–Kier alpha value is -0.550. The van der Waals surface area contributed by atoms with Crippen molar-refractivity contribution in [2.45, 2.75) is 51.2 Å². The zero-order valence-electron chi connectivity index (χ0n) is 7.26. The van der Waals surface area contributed by atoms with E-state index in [1.165, 1.54) is 19.3 Å². The van der Waals surface area contributed by atoms with Crippen LogP contribution in [0.5, 0.6) is 0 Å². The van der Waals surface area contributed by atoms with Gasteiger partial charge in [-0.3, -0.25) is 0 Å². The Kier molecular flexibility index (Phi) is 2.51. The summed E-state index contributed by atoms with van der Waals surface area (Å²) in [4.78, 5) is 0. The van der Waals surface area contributed by atoms with Gasteiger partial charge in [0.15, 0.2) is 6.10 Å². The number of ether oxygens (including phenoxy) is 1. The molecule has 1 aliphatic rings. The highest BCUT2D eigenvalue weighted by Crippen LogP contribution is 2.39. The second-order valence-electron chi connectivity index (χ2n) is 3.40. The van der Waals surface area contributed by atoms with E-state index in [9.17, 15) is 0 Å². The lowest BCUT2D eigenvalue weighted by molar-refractivity contribution is 0.297. The third kappa shape index (κ3) is 1.94. The lowest BCUT2D eigenvalue weighted by Gasteiger charge is -2.02. The van der Waals surface area contributed by atoms with Crippen LogP contribution in [0, 0.1) is 11.3 Å². The van der Waals surface area contributed by atoms with Crippen LogP contribution in [0.4, 0.5) is 0 Å². The molecule has 2 atom stereocenters. The second-order valence-corrected chi connectivity index (χ2v) is 3.40. The molecule has 1 rings (SSSR count). The minimum absolute atomic E-state index is 0.0933. The van der Waals surface area contributed by atoms with Crippen LogP contribution in [0.25, 0.3) is 0 Å². The van der Waals surface area contributed by atoms with Gasteiger partial charge in [0.1, 0.15) is 5.60 Å². The van der Waals surface area contributed by atoms with Crippen LogP contribution >= 0.6 is 0 Å². The first-order valence-electron chi connectivity index (χ1n) is 4.30. The normalized spacial score (nSPS) is 34.8. The van der Waals surface area contributed by atoms with E-state index in [1.54, 1.807) is 0 Å². The molecule has 62 valence electrons. The fraction of sp³-hybridized carbons (Fsp3) is 0.889. The quantitative estimate of drug-likeness (QED) is 0.458. The smallest absolute Gasteiger partial charge is 0.173 e. The molecule has 0 saturated carbocycles. The van der Waals surface area contributed by atoms with Gasteiger partial charge in [0.25, 0.3) is 0 Å². The van der Waals surface area contributed by atoms with E-state index in [-0.39, 0.29) is 11.7 Å². The van der Waals surface area contributed by atoms with E-state index >= 15 is 0 Å². The van der Waals surface area contributed by atoms with Gasteiger partial charge in [-0.15, -0.1) is 0 Å². The maximum Gasteiger partial charge on any atom is 0.173 e. The van der Waals surface area contributed by atoms with Gasteiger partial charge in [0.05, 0.1) is 6.07 Å². The van der Waals surface area contributed by atoms with Crippen LogP contribution < -0.4 is 0 Å². The average Bonchev–Trinajstić information content (AvgIpc) is 2.63. The molecule has 0 aliphatic carbocycles. The Morgan fingerprint density at radius 3 is 2.73 bits per heavy atom. The Bertz CT molecular complexity index is 173. The molecule has 0 aromatic heterocycles. The SMILES string of the molecule is CCCCC[C@]1(C)O[C@H]1C#N. The van der Waals surface area contributed by atoms with Crippen molar-refractivity contribution in [2.75, 3.05) is 0 Å². The minimum Gasteiger partial charge on any atom is -0.350 e. The molecule has 0 unspecified atom stereocenters. The van der Waals surface area contributed by atoms with Gasteiger partial charge in [-0.1, -0.05) is 26.2 Å². The molecule has 0 bridgehead atoms. The molecule has 0 radical (unpaired) electrons. The third-order valence-corrected chi connectivity index (χ3v) is 2.28. The third-order valence-electron chi connectivity index (χ3n) is 2.28. The number of nitriles is 1. The molecule has 1 heterocycles. The number of epoxide rings is 1. The lowest BCUT2D eigenvalue weighted by atomic mass is 10.0. The van der Waals surface area contributed by atoms with Crippen LogP contribution in [0.1, 0.15) is 39.5 Å². The highest BCUT2D eigenvalue weighted by molar-refractivity contribution is 5.11. The average molecular weight is 153 g/mol. The molecule has 0 aromatic carbocycles. The zero-order valence-corrected chi connectivity index (χ0v) is 7.26. The van der Waals surface area contributed by atoms with Gasteiger partial charge in [0.2, 0.25) is 0 Å². The summed E-state index contributed by atoms with van der Waals surface area (Å²) < 4.78 is 5.24. The maximum absolute atomic E-state index is 8.52. The Morgan fingerprint density at radius 2 is 2.27 bits per heavy atom. The van der Waals surface area contributed by atoms with Crippen molar-refractivity contribution in [3.05, 3.63) is 0 Å². The molecule has 1 fully saturated rings. The molecule has 1 aliphatic heterocycles. The van der Waals surface area contributed by atoms with Crippen molar-refractivity contribution in [1.82, 2.24) is 0 Å². The summed E-state index contributed by atoms with van der Waals surface area (Å²) in [6, 6.07) is 2.13. The summed E-state index contributed by atoms with van der Waals surface area (Å²) in [6.07, 6.45) is 4.58. The maximum atomic E-state index is 8.52. The topological polar surface area (TPSA) is 36.3 Å². The highest BCUT2D eigenvalue weighted by Gasteiger charge is 2.51. The number of unbranched alkanes of at least 4 members (excludes halogenated alkanes) is 2. The Balaban J connectivity index is 2.14. The highest BCUT2D eigenvalue weighted by atomic mass is 16.6. The molecular formula is C9H15NO. The number of hydrogen-bond donors (Lipinski definition) is 0. The van der Waals surface area contributed by atoms with Crippen molar-refractivity contribution in [3.8, 4) is 6.07 Å². The van der Waals surface area contributed by atoms with Crippen molar-refractivity contribution in [1.29, 1.82) is 5.26 Å². The van der Waals surface area contributed by atoms with E-state index < -0.39 is 0 Å². The van der Waals surface area contributed by atoms with Gasteiger partial charge in [-0.25, -0.2) is 0 Å². The Morgan fingerprint density at radius 1 is 1.55 bits per heavy atom. The first-order valence-corrected chi connectivity index (χ1v) is 4.30. The summed E-state index contributed by atoms with van der Waals surface area (Å²) in [5.74, 6) is 0. The molecule has 0 N–H and O–H groups in total. The molecular weight excluding hydrogens is 138 g/mol. The molecule has 0 spiro atoms. The van der Waals surface area contributed by atoms with E-state index in [4.69, 9.17) is 10.00 Å². The van der Waals surface area contributed by atoms with Gasteiger partial charge in [-0.05, 0) is 13.3 Å².